The molecule has 2 N–H and O–H groups in total. The van der Waals surface area contributed by atoms with Crippen molar-refractivity contribution in [3.05, 3.63) is 29.3 Å². The van der Waals surface area contributed by atoms with E-state index >= 15 is 0 Å². The lowest BCUT2D eigenvalue weighted by atomic mass is 10.1. The molecule has 1 aliphatic carbocycles. The Morgan fingerprint density at radius 3 is 2.71 bits per heavy atom. The summed E-state index contributed by atoms with van der Waals surface area (Å²) in [5.74, 6) is 0.866. The summed E-state index contributed by atoms with van der Waals surface area (Å²) >= 11 is 0. The summed E-state index contributed by atoms with van der Waals surface area (Å²) in [6, 6.07) is 5.49. The summed E-state index contributed by atoms with van der Waals surface area (Å²) in [4.78, 5) is 14.3. The first-order chi connectivity index (χ1) is 8.11. The molecule has 0 radical (unpaired) electrons. The molecular weight excluding hydrogens is 212 g/mol. The predicted octanol–water partition coefficient (Wildman–Crippen LogP) is 2.45. The number of nitrogen functional groups attached to an aromatic ring is 1. The lowest BCUT2D eigenvalue weighted by Crippen LogP contribution is -2.33. The molecule has 92 valence electrons. The lowest BCUT2D eigenvalue weighted by molar-refractivity contribution is 0.0756. The van der Waals surface area contributed by atoms with Crippen LogP contribution in [-0.2, 0) is 0 Å². The van der Waals surface area contributed by atoms with Crippen molar-refractivity contribution in [3.63, 3.8) is 0 Å². The van der Waals surface area contributed by atoms with E-state index in [1.165, 1.54) is 12.8 Å². The number of anilines is 1. The molecular formula is C14H20N2O. The van der Waals surface area contributed by atoms with Crippen molar-refractivity contribution in [2.24, 2.45) is 5.92 Å². The van der Waals surface area contributed by atoms with Gasteiger partial charge in [0.2, 0.25) is 0 Å². The van der Waals surface area contributed by atoms with Crippen LogP contribution in [0.3, 0.4) is 0 Å². The van der Waals surface area contributed by atoms with Crippen LogP contribution in [0.2, 0.25) is 0 Å². The molecule has 3 nitrogen and oxygen atoms in total. The molecule has 1 saturated carbocycles. The third-order valence-electron chi connectivity index (χ3n) is 3.33. The molecule has 1 aromatic rings. The number of rotatable bonds is 4. The number of benzene rings is 1. The Bertz CT molecular complexity index is 424. The molecule has 0 saturated heterocycles. The van der Waals surface area contributed by atoms with Crippen LogP contribution in [0, 0.1) is 12.8 Å². The van der Waals surface area contributed by atoms with Gasteiger partial charge < -0.3 is 10.6 Å². The molecule has 17 heavy (non-hydrogen) atoms. The van der Waals surface area contributed by atoms with Gasteiger partial charge in [-0.05, 0) is 56.4 Å². The maximum absolute atomic E-state index is 12.4. The second-order valence-corrected chi connectivity index (χ2v) is 4.86. The number of nitrogens with two attached hydrogens (primary N) is 1. The average Bonchev–Trinajstić information content (AvgIpc) is 3.09. The van der Waals surface area contributed by atoms with Crippen molar-refractivity contribution in [1.29, 1.82) is 0 Å². The van der Waals surface area contributed by atoms with E-state index in [4.69, 9.17) is 5.73 Å². The molecule has 1 aliphatic rings. The Morgan fingerprint density at radius 1 is 1.47 bits per heavy atom. The molecule has 0 aliphatic heterocycles. The SMILES string of the molecule is CCN(CC1CC1)C(=O)c1ccc(N)cc1C. The van der Waals surface area contributed by atoms with Crippen molar-refractivity contribution < 1.29 is 4.79 Å². The van der Waals surface area contributed by atoms with Crippen molar-refractivity contribution in [1.82, 2.24) is 4.90 Å². The summed E-state index contributed by atoms with van der Waals surface area (Å²) in [6.07, 6.45) is 2.54. The van der Waals surface area contributed by atoms with Crippen LogP contribution in [-0.4, -0.2) is 23.9 Å². The number of carbonyl (C=O) groups excluding carboxylic acids is 1. The van der Waals surface area contributed by atoms with E-state index in [1.807, 2.05) is 30.9 Å². The number of amides is 1. The van der Waals surface area contributed by atoms with Gasteiger partial charge in [0.15, 0.2) is 0 Å². The predicted molar refractivity (Wildman–Crippen MR) is 69.9 cm³/mol. The van der Waals surface area contributed by atoms with Gasteiger partial charge in [-0.25, -0.2) is 0 Å². The first kappa shape index (κ1) is 12.0. The first-order valence-corrected chi connectivity index (χ1v) is 6.27. The van der Waals surface area contributed by atoms with E-state index in [1.54, 1.807) is 6.07 Å². The molecule has 1 aromatic carbocycles. The van der Waals surface area contributed by atoms with E-state index in [9.17, 15) is 4.79 Å². The normalized spacial score (nSPS) is 14.7. The summed E-state index contributed by atoms with van der Waals surface area (Å²) in [7, 11) is 0. The van der Waals surface area contributed by atoms with Crippen LogP contribution < -0.4 is 5.73 Å². The maximum Gasteiger partial charge on any atom is 0.254 e. The molecule has 0 spiro atoms. The molecule has 0 unspecified atom stereocenters. The standard InChI is InChI=1S/C14H20N2O/c1-3-16(9-11-4-5-11)14(17)13-7-6-12(15)8-10(13)2/h6-8,11H,3-5,9,15H2,1-2H3. The summed E-state index contributed by atoms with van der Waals surface area (Å²) < 4.78 is 0. The Labute approximate surface area is 103 Å². The molecule has 0 heterocycles. The molecule has 0 aromatic heterocycles. The van der Waals surface area contributed by atoms with Crippen molar-refractivity contribution >= 4 is 11.6 Å². The quantitative estimate of drug-likeness (QED) is 0.810. The Balaban J connectivity index is 2.15. The molecule has 3 heteroatoms. The Hall–Kier alpha value is -1.51. The minimum atomic E-state index is 0.136. The van der Waals surface area contributed by atoms with E-state index in [0.29, 0.717) is 5.69 Å². The fraction of sp³-hybridized carbons (Fsp3) is 0.500. The minimum absolute atomic E-state index is 0.136. The summed E-state index contributed by atoms with van der Waals surface area (Å²) in [5.41, 5.74) is 8.16. The van der Waals surface area contributed by atoms with E-state index < -0.39 is 0 Å². The zero-order valence-electron chi connectivity index (χ0n) is 10.6. The zero-order chi connectivity index (χ0) is 12.4. The largest absolute Gasteiger partial charge is 0.399 e. The van der Waals surface area contributed by atoms with Gasteiger partial charge in [0.1, 0.15) is 0 Å². The number of carbonyl (C=O) groups is 1. The number of aryl methyl sites for hydroxylation is 1. The maximum atomic E-state index is 12.4. The van der Waals surface area contributed by atoms with E-state index in [2.05, 4.69) is 0 Å². The van der Waals surface area contributed by atoms with Gasteiger partial charge in [-0.1, -0.05) is 0 Å². The first-order valence-electron chi connectivity index (χ1n) is 6.27. The monoisotopic (exact) mass is 232 g/mol. The average molecular weight is 232 g/mol. The van der Waals surface area contributed by atoms with Gasteiger partial charge in [0.25, 0.3) is 5.91 Å². The minimum Gasteiger partial charge on any atom is -0.399 e. The molecule has 0 atom stereocenters. The summed E-state index contributed by atoms with van der Waals surface area (Å²) in [5, 5.41) is 0. The smallest absolute Gasteiger partial charge is 0.254 e. The molecule has 1 amide bonds. The molecule has 0 bridgehead atoms. The third-order valence-corrected chi connectivity index (χ3v) is 3.33. The van der Waals surface area contributed by atoms with Gasteiger partial charge in [0, 0.05) is 24.3 Å². The van der Waals surface area contributed by atoms with Crippen molar-refractivity contribution in [3.8, 4) is 0 Å². The highest BCUT2D eigenvalue weighted by Gasteiger charge is 2.26. The lowest BCUT2D eigenvalue weighted by Gasteiger charge is -2.21. The number of nitrogens with zero attached hydrogens (tertiary/aromatic N) is 1. The van der Waals surface area contributed by atoms with Gasteiger partial charge in [-0.15, -0.1) is 0 Å². The third kappa shape index (κ3) is 2.78. The van der Waals surface area contributed by atoms with Gasteiger partial charge in [-0.3, -0.25) is 4.79 Å². The fourth-order valence-electron chi connectivity index (χ4n) is 2.06. The van der Waals surface area contributed by atoms with Gasteiger partial charge >= 0.3 is 0 Å². The number of hydrogen-bond acceptors (Lipinski definition) is 2. The van der Waals surface area contributed by atoms with Crippen molar-refractivity contribution in [2.75, 3.05) is 18.8 Å². The fourth-order valence-corrected chi connectivity index (χ4v) is 2.06. The Morgan fingerprint density at radius 2 is 2.18 bits per heavy atom. The van der Waals surface area contributed by atoms with Gasteiger partial charge in [-0.2, -0.15) is 0 Å². The molecule has 2 rings (SSSR count). The van der Waals surface area contributed by atoms with Crippen LogP contribution in [0.4, 0.5) is 5.69 Å². The highest BCUT2D eigenvalue weighted by molar-refractivity contribution is 5.96. The Kier molecular flexibility index (Phi) is 3.36. The van der Waals surface area contributed by atoms with E-state index in [-0.39, 0.29) is 5.91 Å². The zero-order valence-corrected chi connectivity index (χ0v) is 10.6. The van der Waals surface area contributed by atoms with Crippen molar-refractivity contribution in [2.45, 2.75) is 26.7 Å². The van der Waals surface area contributed by atoms with E-state index in [0.717, 1.165) is 30.1 Å². The number of hydrogen-bond donors (Lipinski definition) is 1. The van der Waals surface area contributed by atoms with Crippen LogP contribution >= 0.6 is 0 Å². The highest BCUT2D eigenvalue weighted by Crippen LogP contribution is 2.30. The second-order valence-electron chi connectivity index (χ2n) is 4.86. The summed E-state index contributed by atoms with van der Waals surface area (Å²) in [6.45, 7) is 5.65. The topological polar surface area (TPSA) is 46.3 Å². The second kappa shape index (κ2) is 4.78. The van der Waals surface area contributed by atoms with Crippen LogP contribution in [0.15, 0.2) is 18.2 Å². The van der Waals surface area contributed by atoms with Crippen LogP contribution in [0.1, 0.15) is 35.7 Å². The molecule has 1 fully saturated rings. The van der Waals surface area contributed by atoms with Crippen LogP contribution in [0.5, 0.6) is 0 Å². The van der Waals surface area contributed by atoms with Crippen LogP contribution in [0.25, 0.3) is 0 Å². The van der Waals surface area contributed by atoms with Gasteiger partial charge in [0.05, 0.1) is 0 Å². The highest BCUT2D eigenvalue weighted by atomic mass is 16.2.